The van der Waals surface area contributed by atoms with Crippen LogP contribution in [0.5, 0.6) is 0 Å². The maximum atomic E-state index is 11.6. The summed E-state index contributed by atoms with van der Waals surface area (Å²) in [5.74, 6) is 0.509. The van der Waals surface area contributed by atoms with Crippen LogP contribution in [0.4, 0.5) is 0 Å². The molecule has 3 nitrogen and oxygen atoms in total. The van der Waals surface area contributed by atoms with E-state index in [1.54, 1.807) is 0 Å². The molecule has 1 atom stereocenters. The lowest BCUT2D eigenvalue weighted by molar-refractivity contribution is -0.122. The maximum Gasteiger partial charge on any atom is 0.220 e. The fourth-order valence-corrected chi connectivity index (χ4v) is 1.70. The summed E-state index contributed by atoms with van der Waals surface area (Å²) in [6, 6.07) is 0.115. The fourth-order valence-electron chi connectivity index (χ4n) is 1.70. The average molecular weight is 229 g/mol. The number of aliphatic hydroxyl groups excluding tert-OH is 1. The van der Waals surface area contributed by atoms with E-state index < -0.39 is 0 Å². The van der Waals surface area contributed by atoms with Gasteiger partial charge < -0.3 is 10.4 Å². The maximum absolute atomic E-state index is 11.6. The summed E-state index contributed by atoms with van der Waals surface area (Å²) in [5, 5.41) is 11.9. The van der Waals surface area contributed by atoms with Crippen LogP contribution in [0.2, 0.25) is 0 Å². The van der Waals surface area contributed by atoms with Crippen LogP contribution in [-0.2, 0) is 4.79 Å². The van der Waals surface area contributed by atoms with Crippen LogP contribution in [0.15, 0.2) is 0 Å². The minimum absolute atomic E-state index is 0.115. The van der Waals surface area contributed by atoms with E-state index in [9.17, 15) is 4.79 Å². The predicted molar refractivity (Wildman–Crippen MR) is 67.2 cm³/mol. The van der Waals surface area contributed by atoms with Crippen LogP contribution in [0, 0.1) is 5.92 Å². The van der Waals surface area contributed by atoms with Crippen molar-refractivity contribution in [3.63, 3.8) is 0 Å². The monoisotopic (exact) mass is 229 g/mol. The topological polar surface area (TPSA) is 49.3 Å². The van der Waals surface area contributed by atoms with Gasteiger partial charge in [-0.2, -0.15) is 0 Å². The van der Waals surface area contributed by atoms with Crippen molar-refractivity contribution in [2.24, 2.45) is 5.92 Å². The molecule has 0 bridgehead atoms. The minimum atomic E-state index is 0.115. The molecule has 0 spiro atoms. The highest BCUT2D eigenvalue weighted by Gasteiger charge is 2.14. The molecule has 0 fully saturated rings. The summed E-state index contributed by atoms with van der Waals surface area (Å²) in [5.41, 5.74) is 0. The standard InChI is InChI=1S/C13H27NO2/c1-4-5-6-7-8-13(16)14-12(9-10-15)11(2)3/h11-12,15H,4-10H2,1-3H3,(H,14,16). The number of aliphatic hydroxyl groups is 1. The summed E-state index contributed by atoms with van der Waals surface area (Å²) in [6.07, 6.45) is 5.78. The van der Waals surface area contributed by atoms with Gasteiger partial charge in [0.2, 0.25) is 5.91 Å². The van der Waals surface area contributed by atoms with Crippen LogP contribution < -0.4 is 5.32 Å². The third-order valence-electron chi connectivity index (χ3n) is 2.85. The highest BCUT2D eigenvalue weighted by Crippen LogP contribution is 2.07. The highest BCUT2D eigenvalue weighted by atomic mass is 16.3. The van der Waals surface area contributed by atoms with E-state index in [1.807, 2.05) is 0 Å². The van der Waals surface area contributed by atoms with Gasteiger partial charge in [0.1, 0.15) is 0 Å². The molecule has 0 aromatic heterocycles. The van der Waals surface area contributed by atoms with E-state index in [2.05, 4.69) is 26.1 Å². The van der Waals surface area contributed by atoms with Gasteiger partial charge in [0.25, 0.3) is 0 Å². The van der Waals surface area contributed by atoms with Crippen molar-refractivity contribution in [2.75, 3.05) is 6.61 Å². The van der Waals surface area contributed by atoms with Gasteiger partial charge in [-0.05, 0) is 18.8 Å². The molecule has 0 rings (SSSR count). The third kappa shape index (κ3) is 7.69. The smallest absolute Gasteiger partial charge is 0.220 e. The molecule has 0 saturated carbocycles. The summed E-state index contributed by atoms with van der Waals surface area (Å²) in [4.78, 5) is 11.6. The Bertz CT molecular complexity index is 181. The summed E-state index contributed by atoms with van der Waals surface area (Å²) < 4.78 is 0. The van der Waals surface area contributed by atoms with Crippen LogP contribution in [-0.4, -0.2) is 23.7 Å². The molecule has 0 radical (unpaired) electrons. The molecule has 0 aliphatic carbocycles. The van der Waals surface area contributed by atoms with Gasteiger partial charge in [-0.25, -0.2) is 0 Å². The molecule has 1 amide bonds. The number of hydrogen-bond donors (Lipinski definition) is 2. The fraction of sp³-hybridized carbons (Fsp3) is 0.923. The average Bonchev–Trinajstić information content (AvgIpc) is 2.23. The highest BCUT2D eigenvalue weighted by molar-refractivity contribution is 5.76. The number of nitrogens with one attached hydrogen (secondary N) is 1. The second-order valence-electron chi connectivity index (χ2n) is 4.74. The van der Waals surface area contributed by atoms with Crippen LogP contribution in [0.25, 0.3) is 0 Å². The van der Waals surface area contributed by atoms with Crippen LogP contribution in [0.1, 0.15) is 59.3 Å². The lowest BCUT2D eigenvalue weighted by Gasteiger charge is -2.21. The molecule has 0 heterocycles. The van der Waals surface area contributed by atoms with Gasteiger partial charge in [0.05, 0.1) is 0 Å². The Morgan fingerprint density at radius 2 is 1.94 bits per heavy atom. The molecule has 3 heteroatoms. The number of carbonyl (C=O) groups excluding carboxylic acids is 1. The first kappa shape index (κ1) is 15.4. The van der Waals surface area contributed by atoms with E-state index in [4.69, 9.17) is 5.11 Å². The van der Waals surface area contributed by atoms with Gasteiger partial charge in [0, 0.05) is 19.1 Å². The molecule has 0 aromatic carbocycles. The number of amides is 1. The molecule has 0 saturated heterocycles. The molecule has 1 unspecified atom stereocenters. The van der Waals surface area contributed by atoms with Gasteiger partial charge in [-0.3, -0.25) is 4.79 Å². The van der Waals surface area contributed by atoms with E-state index in [0.29, 0.717) is 18.8 Å². The Kier molecular flexibility index (Phi) is 9.30. The summed E-state index contributed by atoms with van der Waals surface area (Å²) in [7, 11) is 0. The van der Waals surface area contributed by atoms with Crippen molar-refractivity contribution in [3.8, 4) is 0 Å². The number of carbonyl (C=O) groups is 1. The quantitative estimate of drug-likeness (QED) is 0.597. The molecular formula is C13H27NO2. The largest absolute Gasteiger partial charge is 0.396 e. The number of unbranched alkanes of at least 4 members (excludes halogenated alkanes) is 3. The number of hydrogen-bond acceptors (Lipinski definition) is 2. The second kappa shape index (κ2) is 9.64. The van der Waals surface area contributed by atoms with E-state index in [0.717, 1.165) is 12.8 Å². The molecule has 0 aliphatic heterocycles. The third-order valence-corrected chi connectivity index (χ3v) is 2.85. The normalized spacial score (nSPS) is 12.8. The lowest BCUT2D eigenvalue weighted by atomic mass is 10.0. The summed E-state index contributed by atoms with van der Waals surface area (Å²) in [6.45, 7) is 6.43. The molecule has 0 aliphatic rings. The Morgan fingerprint density at radius 1 is 1.25 bits per heavy atom. The molecule has 2 N–H and O–H groups in total. The number of rotatable bonds is 9. The van der Waals surface area contributed by atoms with E-state index >= 15 is 0 Å². The second-order valence-corrected chi connectivity index (χ2v) is 4.74. The van der Waals surface area contributed by atoms with E-state index in [1.165, 1.54) is 12.8 Å². The Balaban J connectivity index is 3.73. The van der Waals surface area contributed by atoms with Gasteiger partial charge >= 0.3 is 0 Å². The Hall–Kier alpha value is -0.570. The zero-order valence-electron chi connectivity index (χ0n) is 11.0. The van der Waals surface area contributed by atoms with E-state index in [-0.39, 0.29) is 18.6 Å². The van der Waals surface area contributed by atoms with Crippen molar-refractivity contribution >= 4 is 5.91 Å². The van der Waals surface area contributed by atoms with Gasteiger partial charge in [-0.1, -0.05) is 40.0 Å². The summed E-state index contributed by atoms with van der Waals surface area (Å²) >= 11 is 0. The molecule has 0 aromatic rings. The van der Waals surface area contributed by atoms with Crippen molar-refractivity contribution in [2.45, 2.75) is 65.3 Å². The molecule has 16 heavy (non-hydrogen) atoms. The van der Waals surface area contributed by atoms with Crippen LogP contribution >= 0.6 is 0 Å². The Labute approximate surface area is 99.6 Å². The van der Waals surface area contributed by atoms with Crippen molar-refractivity contribution in [3.05, 3.63) is 0 Å². The van der Waals surface area contributed by atoms with Crippen LogP contribution in [0.3, 0.4) is 0 Å². The predicted octanol–water partition coefficient (Wildman–Crippen LogP) is 2.48. The van der Waals surface area contributed by atoms with Gasteiger partial charge in [0.15, 0.2) is 0 Å². The van der Waals surface area contributed by atoms with Crippen molar-refractivity contribution < 1.29 is 9.90 Å². The first-order chi connectivity index (χ1) is 7.61. The SMILES string of the molecule is CCCCCCC(=O)NC(CCO)C(C)C. The van der Waals surface area contributed by atoms with Crippen molar-refractivity contribution in [1.82, 2.24) is 5.32 Å². The zero-order valence-corrected chi connectivity index (χ0v) is 11.0. The van der Waals surface area contributed by atoms with Gasteiger partial charge in [-0.15, -0.1) is 0 Å². The van der Waals surface area contributed by atoms with Crippen molar-refractivity contribution in [1.29, 1.82) is 0 Å². The first-order valence-electron chi connectivity index (χ1n) is 6.52. The molecule has 96 valence electrons. The first-order valence-corrected chi connectivity index (χ1v) is 6.52. The molecular weight excluding hydrogens is 202 g/mol. The minimum Gasteiger partial charge on any atom is -0.396 e. The lowest BCUT2D eigenvalue weighted by Crippen LogP contribution is -2.39. The Morgan fingerprint density at radius 3 is 2.44 bits per heavy atom. The zero-order chi connectivity index (χ0) is 12.4.